The molecular formula is C86H83F8N29OS. The van der Waals surface area contributed by atoms with Gasteiger partial charge in [-0.1, -0.05) is 100 Å². The second kappa shape index (κ2) is 41.3. The predicted octanol–water partition coefficient (Wildman–Crippen LogP) is 19.5. The summed E-state index contributed by atoms with van der Waals surface area (Å²) in [6.07, 6.45) is 5.75. The lowest BCUT2D eigenvalue weighted by Gasteiger charge is -2.16. The third kappa shape index (κ3) is 23.9. The zero-order valence-electron chi connectivity index (χ0n) is 68.6. The minimum absolute atomic E-state index is 0.268. The summed E-state index contributed by atoms with van der Waals surface area (Å²) in [7, 11) is 1.61. The first-order valence-corrected chi connectivity index (χ1v) is 40.2. The Morgan fingerprint density at radius 1 is 0.328 bits per heavy atom. The Balaban J connectivity index is 0.000000143. The van der Waals surface area contributed by atoms with Crippen molar-refractivity contribution in [1.82, 2.24) is 106 Å². The van der Waals surface area contributed by atoms with E-state index in [1.807, 2.05) is 136 Å². The van der Waals surface area contributed by atoms with Crippen LogP contribution in [0.2, 0.25) is 0 Å². The molecule has 0 aliphatic rings. The van der Waals surface area contributed by atoms with Gasteiger partial charge in [0.05, 0.1) is 58.9 Å². The van der Waals surface area contributed by atoms with Crippen molar-refractivity contribution in [3.05, 3.63) is 286 Å². The van der Waals surface area contributed by atoms with E-state index in [-0.39, 0.29) is 23.8 Å². The maximum Gasteiger partial charge on any atom is 0.233 e. The number of nitrogens with one attached hydrogen (secondary N) is 12. The van der Waals surface area contributed by atoms with E-state index < -0.39 is 70.7 Å². The van der Waals surface area contributed by atoms with Crippen LogP contribution in [0.3, 0.4) is 0 Å². The zero-order valence-corrected chi connectivity index (χ0v) is 69.4. The van der Waals surface area contributed by atoms with Crippen LogP contribution >= 0.6 is 11.3 Å². The number of benzene rings is 6. The van der Waals surface area contributed by atoms with Crippen molar-refractivity contribution in [3.8, 4) is 50.1 Å². The molecule has 4 atom stereocenters. The molecule has 0 aliphatic heterocycles. The Morgan fingerprint density at radius 2 is 0.656 bits per heavy atom. The molecule has 0 amide bonds. The molecule has 125 heavy (non-hydrogen) atoms. The Morgan fingerprint density at radius 3 is 0.984 bits per heavy atom. The molecule has 0 fully saturated rings. The van der Waals surface area contributed by atoms with Crippen LogP contribution in [-0.2, 0) is 25.7 Å². The van der Waals surface area contributed by atoms with Crippen molar-refractivity contribution >= 4 is 82.2 Å². The fourth-order valence-electron chi connectivity index (χ4n) is 12.2. The van der Waals surface area contributed by atoms with Crippen molar-refractivity contribution < 1.29 is 39.9 Å². The first kappa shape index (κ1) is 87.5. The molecule has 39 heteroatoms. The van der Waals surface area contributed by atoms with Gasteiger partial charge in [-0.25, -0.2) is 35.1 Å². The summed E-state index contributed by atoms with van der Waals surface area (Å²) in [5.41, 5.74) is 7.38. The number of H-pyrrole nitrogens is 4. The van der Waals surface area contributed by atoms with Crippen molar-refractivity contribution in [2.75, 3.05) is 49.6 Å². The molecule has 16 rings (SSSR count). The molecule has 10 heterocycles. The number of thiophene rings is 1. The highest BCUT2D eigenvalue weighted by Gasteiger charge is 2.22. The van der Waals surface area contributed by atoms with Gasteiger partial charge in [-0.3, -0.25) is 25.4 Å². The molecular weight excluding hydrogens is 1640 g/mol. The Kier molecular flexibility index (Phi) is 28.9. The van der Waals surface area contributed by atoms with Gasteiger partial charge in [0.25, 0.3) is 0 Å². The molecule has 16 aromatic rings. The highest BCUT2D eigenvalue weighted by molar-refractivity contribution is 7.13. The average molecular weight is 1720 g/mol. The number of aromatic nitrogens is 21. The maximum absolute atomic E-state index is 14.1. The summed E-state index contributed by atoms with van der Waals surface area (Å²) >= 11 is 1.61. The minimum Gasteiger partial charge on any atom is -0.497 e. The average Bonchev–Trinajstić information content (AvgIpc) is 1.76. The van der Waals surface area contributed by atoms with Gasteiger partial charge in [0, 0.05) is 120 Å². The molecule has 0 bridgehead atoms. The van der Waals surface area contributed by atoms with Crippen LogP contribution in [0.5, 0.6) is 5.75 Å². The molecule has 12 N–H and O–H groups in total. The number of pyridine rings is 1. The van der Waals surface area contributed by atoms with Crippen molar-refractivity contribution in [1.29, 1.82) is 0 Å². The van der Waals surface area contributed by atoms with Gasteiger partial charge in [0.2, 0.25) is 47.6 Å². The molecule has 4 unspecified atom stereocenters. The summed E-state index contributed by atoms with van der Waals surface area (Å²) in [6.45, 7) is 14.7. The van der Waals surface area contributed by atoms with Crippen LogP contribution in [0.15, 0.2) is 194 Å². The van der Waals surface area contributed by atoms with Crippen LogP contribution in [-0.4, -0.2) is 113 Å². The van der Waals surface area contributed by atoms with Crippen molar-refractivity contribution in [2.45, 2.75) is 105 Å². The standard InChI is InChI=1S/C23H23F2N7O.C22H21F2N7.C21H20F2N8.C20H19F2N7S/c1-4-20-27-22(26-13(2)17-9-8-15(24)11-18(17)25)30-23(28-20)29-21-12-19(31-32-21)14-6-5-7-16(10-14)33-3;1-3-19-26-21(25-13(2)16-10-9-15(23)11-17(16)24)29-22(27-19)28-20-12-18(30-31-20)14-7-5-4-6-8-14;1-3-18-26-20(25-12(2)15-7-6-14(22)9-16(15)23)29-21(27-18)28-19-10-17(30-31-19)13-5-4-8-24-11-13;1-3-17-24-19(23-11(2)13-7-6-12(21)9-14(13)22)27-20(25-17)26-18-10-15(28-29-18)16-5-4-8-30-16/h5-13H,4H2,1-3H3,(H3,26,27,28,29,30,31,32);4-13H,3H2,1-2H3,(H3,25,26,27,28,29,30,31);4-12H,3H2,1-2H3,(H3,25,26,27,28,29,30,31);4-11H,3H2,1-2H3,(H3,23,24,25,26,27,28,29). The van der Waals surface area contributed by atoms with E-state index >= 15 is 0 Å². The summed E-state index contributed by atoms with van der Waals surface area (Å²) < 4.78 is 114. The van der Waals surface area contributed by atoms with Crippen LogP contribution in [0.25, 0.3) is 44.3 Å². The number of nitrogens with zero attached hydrogens (tertiary/aromatic N) is 17. The first-order valence-electron chi connectivity index (χ1n) is 39.3. The van der Waals surface area contributed by atoms with E-state index in [1.54, 1.807) is 58.5 Å². The molecule has 6 aromatic carbocycles. The van der Waals surface area contributed by atoms with Gasteiger partial charge < -0.3 is 47.3 Å². The second-order valence-corrected chi connectivity index (χ2v) is 28.6. The van der Waals surface area contributed by atoms with Gasteiger partial charge >= 0.3 is 0 Å². The van der Waals surface area contributed by atoms with E-state index in [9.17, 15) is 35.1 Å². The van der Waals surface area contributed by atoms with E-state index in [0.717, 1.165) is 74.4 Å². The second-order valence-electron chi connectivity index (χ2n) is 27.6. The zero-order chi connectivity index (χ0) is 88.0. The number of hydrogen-bond donors (Lipinski definition) is 12. The third-order valence-corrected chi connectivity index (χ3v) is 19.5. The summed E-state index contributed by atoms with van der Waals surface area (Å²) in [5, 5.41) is 55.4. The molecule has 0 saturated heterocycles. The summed E-state index contributed by atoms with van der Waals surface area (Å²) in [6, 6.07) is 44.4. The normalized spacial score (nSPS) is 11.9. The van der Waals surface area contributed by atoms with E-state index in [4.69, 9.17) is 4.74 Å². The van der Waals surface area contributed by atoms with Gasteiger partial charge in [-0.05, 0) is 93.2 Å². The number of anilines is 12. The molecule has 0 aliphatic carbocycles. The smallest absolute Gasteiger partial charge is 0.233 e. The molecule has 0 radical (unpaired) electrons. The van der Waals surface area contributed by atoms with E-state index in [0.29, 0.717) is 118 Å². The first-order chi connectivity index (χ1) is 60.5. The van der Waals surface area contributed by atoms with Crippen LogP contribution in [0.1, 0.15) is 125 Å². The van der Waals surface area contributed by atoms with Gasteiger partial charge in [-0.15, -0.1) is 11.3 Å². The number of rotatable bonds is 29. The van der Waals surface area contributed by atoms with E-state index in [1.165, 1.54) is 48.5 Å². The minimum atomic E-state index is -0.639. The number of aryl methyl sites for hydroxylation is 4. The predicted molar refractivity (Wildman–Crippen MR) is 462 cm³/mol. The van der Waals surface area contributed by atoms with Crippen LogP contribution in [0.4, 0.5) is 106 Å². The SMILES string of the molecule is CCc1nc(Nc2cc(-c3cccc(OC)c3)[nH]n2)nc(NC(C)c2ccc(F)cc2F)n1.CCc1nc(Nc2cc(-c3ccccc3)[nH]n2)nc(NC(C)c2ccc(F)cc2F)n1.CCc1nc(Nc2cc(-c3cccnc3)[nH]n2)nc(NC(C)c2ccc(F)cc2F)n1.CCc1nc(Nc2cc(-c3cccs3)[nH]n2)nc(NC(C)c2ccc(F)cc2F)n1. The maximum atomic E-state index is 14.1. The summed E-state index contributed by atoms with van der Waals surface area (Å²) in [5.74, 6) is 2.41. The quantitative estimate of drug-likeness (QED) is 0.0194. The molecule has 10 aromatic heterocycles. The largest absolute Gasteiger partial charge is 0.497 e. The topological polar surface area (TPSA) is 388 Å². The number of hydrogen-bond acceptors (Lipinski definition) is 27. The summed E-state index contributed by atoms with van der Waals surface area (Å²) in [4.78, 5) is 57.6. The number of methoxy groups -OCH3 is 1. The third-order valence-electron chi connectivity index (χ3n) is 18.6. The Bertz CT molecular complexity index is 6080. The lowest BCUT2D eigenvalue weighted by molar-refractivity contribution is 0.415. The fraction of sp³-hybridized carbons (Fsp3) is 0.198. The van der Waals surface area contributed by atoms with Gasteiger partial charge in [-0.2, -0.15) is 80.2 Å². The van der Waals surface area contributed by atoms with Crippen molar-refractivity contribution in [3.63, 3.8) is 0 Å². The molecule has 0 spiro atoms. The van der Waals surface area contributed by atoms with Crippen LogP contribution in [0, 0.1) is 46.5 Å². The number of ether oxygens (including phenoxy) is 1. The number of halogens is 8. The Hall–Kier alpha value is -15.3. The fourth-order valence-corrected chi connectivity index (χ4v) is 12.9. The van der Waals surface area contributed by atoms with Gasteiger partial charge in [0.15, 0.2) is 23.3 Å². The van der Waals surface area contributed by atoms with Crippen molar-refractivity contribution in [2.24, 2.45) is 0 Å². The van der Waals surface area contributed by atoms with E-state index in [2.05, 4.69) is 148 Å². The molecule has 640 valence electrons. The van der Waals surface area contributed by atoms with Gasteiger partial charge in [0.1, 0.15) is 75.6 Å². The lowest BCUT2D eigenvalue weighted by atomic mass is 10.1. The lowest BCUT2D eigenvalue weighted by Crippen LogP contribution is -2.14. The van der Waals surface area contributed by atoms with Crippen LogP contribution < -0.4 is 47.3 Å². The number of aromatic amines is 4. The molecule has 0 saturated carbocycles. The highest BCUT2D eigenvalue weighted by atomic mass is 32.1. The molecule has 30 nitrogen and oxygen atoms in total. The Labute approximate surface area is 714 Å². The monoisotopic (exact) mass is 1720 g/mol. The highest BCUT2D eigenvalue weighted by Crippen LogP contribution is 2.32.